The fraction of sp³-hybridized carbons (Fsp3) is 0.455. The summed E-state index contributed by atoms with van der Waals surface area (Å²) < 4.78 is 37.5. The summed E-state index contributed by atoms with van der Waals surface area (Å²) in [5, 5.41) is 3.62. The Kier molecular flexibility index (Phi) is 3.17. The van der Waals surface area contributed by atoms with Crippen molar-refractivity contribution in [2.75, 3.05) is 6.54 Å². The Morgan fingerprint density at radius 3 is 2.69 bits per heavy atom. The Balaban J connectivity index is 2.23. The molecule has 1 aromatic rings. The minimum atomic E-state index is -4.26. The van der Waals surface area contributed by atoms with E-state index in [1.54, 1.807) is 17.8 Å². The fourth-order valence-corrected chi connectivity index (χ4v) is 2.83. The lowest BCUT2D eigenvalue weighted by atomic mass is 10.1. The average molecular weight is 247 g/mol. The summed E-state index contributed by atoms with van der Waals surface area (Å²) in [5.74, 6) is 0. The molecule has 1 saturated heterocycles. The Morgan fingerprint density at radius 1 is 1.38 bits per heavy atom. The molecular weight excluding hydrogens is 235 g/mol. The van der Waals surface area contributed by atoms with Crippen LogP contribution in [0.1, 0.15) is 23.4 Å². The molecule has 0 saturated carbocycles. The van der Waals surface area contributed by atoms with Gasteiger partial charge in [-0.3, -0.25) is 0 Å². The first-order valence-corrected chi connectivity index (χ1v) is 5.97. The molecule has 1 heterocycles. The smallest absolute Gasteiger partial charge is 0.301 e. The quantitative estimate of drug-likeness (QED) is 0.816. The third-order valence-electron chi connectivity index (χ3n) is 2.48. The molecule has 1 nitrogen and oxygen atoms in total. The van der Waals surface area contributed by atoms with E-state index in [9.17, 15) is 13.2 Å². The summed E-state index contributed by atoms with van der Waals surface area (Å²) in [6.07, 6.45) is -4.26. The molecule has 1 aliphatic heterocycles. The Morgan fingerprint density at radius 2 is 2.12 bits per heavy atom. The van der Waals surface area contributed by atoms with Crippen molar-refractivity contribution in [2.24, 2.45) is 0 Å². The van der Waals surface area contributed by atoms with Gasteiger partial charge in [-0.15, -0.1) is 11.8 Å². The molecular formula is C11H12F3NS. The molecule has 88 valence electrons. The fourth-order valence-electron chi connectivity index (χ4n) is 1.68. The molecule has 16 heavy (non-hydrogen) atoms. The van der Waals surface area contributed by atoms with E-state index in [0.717, 1.165) is 12.6 Å². The van der Waals surface area contributed by atoms with Gasteiger partial charge in [-0.2, -0.15) is 13.2 Å². The second-order valence-corrected chi connectivity index (χ2v) is 5.41. The second-order valence-electron chi connectivity index (χ2n) is 3.86. The SMILES string of the molecule is CC1CNC(c2cccc(C(F)(F)F)c2)S1. The van der Waals surface area contributed by atoms with Crippen molar-refractivity contribution >= 4 is 11.8 Å². The third-order valence-corrected chi connectivity index (χ3v) is 3.82. The third kappa shape index (κ3) is 2.52. The van der Waals surface area contributed by atoms with Gasteiger partial charge in [0.05, 0.1) is 10.9 Å². The first-order chi connectivity index (χ1) is 7.47. The highest BCUT2D eigenvalue weighted by Crippen LogP contribution is 2.37. The van der Waals surface area contributed by atoms with Gasteiger partial charge >= 0.3 is 6.18 Å². The van der Waals surface area contributed by atoms with Crippen molar-refractivity contribution in [1.82, 2.24) is 5.32 Å². The minimum Gasteiger partial charge on any atom is -0.301 e. The van der Waals surface area contributed by atoms with Gasteiger partial charge in [0.25, 0.3) is 0 Å². The van der Waals surface area contributed by atoms with Crippen LogP contribution >= 0.6 is 11.8 Å². The van der Waals surface area contributed by atoms with E-state index in [-0.39, 0.29) is 5.37 Å². The molecule has 1 fully saturated rings. The van der Waals surface area contributed by atoms with Crippen LogP contribution in [-0.4, -0.2) is 11.8 Å². The van der Waals surface area contributed by atoms with Crippen molar-refractivity contribution in [3.8, 4) is 0 Å². The molecule has 1 aliphatic rings. The van der Waals surface area contributed by atoms with Crippen LogP contribution in [-0.2, 0) is 6.18 Å². The zero-order valence-corrected chi connectivity index (χ0v) is 9.53. The first kappa shape index (κ1) is 11.8. The van der Waals surface area contributed by atoms with Gasteiger partial charge in [-0.25, -0.2) is 0 Å². The lowest BCUT2D eigenvalue weighted by Crippen LogP contribution is -2.14. The van der Waals surface area contributed by atoms with Gasteiger partial charge in [-0.1, -0.05) is 19.1 Å². The van der Waals surface area contributed by atoms with Crippen LogP contribution in [0.2, 0.25) is 0 Å². The molecule has 1 N–H and O–H groups in total. The second kappa shape index (κ2) is 4.30. The van der Waals surface area contributed by atoms with Crippen molar-refractivity contribution in [2.45, 2.75) is 23.7 Å². The monoisotopic (exact) mass is 247 g/mol. The molecule has 2 atom stereocenters. The maximum Gasteiger partial charge on any atom is 0.416 e. The number of hydrogen-bond acceptors (Lipinski definition) is 2. The van der Waals surface area contributed by atoms with Crippen molar-refractivity contribution in [3.63, 3.8) is 0 Å². The largest absolute Gasteiger partial charge is 0.416 e. The van der Waals surface area contributed by atoms with Crippen LogP contribution in [0.15, 0.2) is 24.3 Å². The molecule has 1 aromatic carbocycles. The van der Waals surface area contributed by atoms with E-state index in [0.29, 0.717) is 10.8 Å². The molecule has 2 unspecified atom stereocenters. The number of alkyl halides is 3. The van der Waals surface area contributed by atoms with Gasteiger partial charge in [-0.05, 0) is 17.7 Å². The highest BCUT2D eigenvalue weighted by atomic mass is 32.2. The van der Waals surface area contributed by atoms with Crippen molar-refractivity contribution in [3.05, 3.63) is 35.4 Å². The maximum absolute atomic E-state index is 12.5. The van der Waals surface area contributed by atoms with Gasteiger partial charge in [0.15, 0.2) is 0 Å². The van der Waals surface area contributed by atoms with Crippen LogP contribution in [0.25, 0.3) is 0 Å². The first-order valence-electron chi connectivity index (χ1n) is 5.03. The molecule has 0 aliphatic carbocycles. The highest BCUT2D eigenvalue weighted by Gasteiger charge is 2.31. The van der Waals surface area contributed by atoms with Gasteiger partial charge in [0.1, 0.15) is 0 Å². The topological polar surface area (TPSA) is 12.0 Å². The molecule has 0 aromatic heterocycles. The molecule has 0 amide bonds. The molecule has 0 bridgehead atoms. The standard InChI is InChI=1S/C11H12F3NS/c1-7-6-15-10(16-7)8-3-2-4-9(5-8)11(12,13)14/h2-5,7,10,15H,6H2,1H3. The van der Waals surface area contributed by atoms with Gasteiger partial charge in [0, 0.05) is 11.8 Å². The summed E-state index contributed by atoms with van der Waals surface area (Å²) in [7, 11) is 0. The summed E-state index contributed by atoms with van der Waals surface area (Å²) in [4.78, 5) is 0. The number of hydrogen-bond donors (Lipinski definition) is 1. The highest BCUT2D eigenvalue weighted by molar-refractivity contribution is 8.00. The van der Waals surface area contributed by atoms with Crippen LogP contribution < -0.4 is 5.32 Å². The average Bonchev–Trinajstić information content (AvgIpc) is 2.64. The lowest BCUT2D eigenvalue weighted by molar-refractivity contribution is -0.137. The summed E-state index contributed by atoms with van der Waals surface area (Å²) in [6, 6.07) is 5.52. The summed E-state index contributed by atoms with van der Waals surface area (Å²) >= 11 is 1.66. The molecule has 2 rings (SSSR count). The lowest BCUT2D eigenvalue weighted by Gasteiger charge is -2.13. The van der Waals surface area contributed by atoms with Crippen LogP contribution in [0.5, 0.6) is 0 Å². The Labute approximate surface area is 96.4 Å². The van der Waals surface area contributed by atoms with Gasteiger partial charge in [0.2, 0.25) is 0 Å². The van der Waals surface area contributed by atoms with E-state index in [1.165, 1.54) is 12.1 Å². The van der Waals surface area contributed by atoms with E-state index in [1.807, 2.05) is 0 Å². The van der Waals surface area contributed by atoms with E-state index in [4.69, 9.17) is 0 Å². The van der Waals surface area contributed by atoms with Crippen LogP contribution in [0.4, 0.5) is 13.2 Å². The maximum atomic E-state index is 12.5. The minimum absolute atomic E-state index is 0.0164. The normalized spacial score (nSPS) is 26.0. The number of rotatable bonds is 1. The van der Waals surface area contributed by atoms with Gasteiger partial charge < -0.3 is 5.32 Å². The zero-order chi connectivity index (χ0) is 11.8. The number of benzene rings is 1. The number of nitrogens with one attached hydrogen (secondary N) is 1. The van der Waals surface area contributed by atoms with Crippen LogP contribution in [0.3, 0.4) is 0 Å². The molecule has 5 heteroatoms. The number of halogens is 3. The zero-order valence-electron chi connectivity index (χ0n) is 8.71. The number of thioether (sulfide) groups is 1. The van der Waals surface area contributed by atoms with E-state index < -0.39 is 11.7 Å². The summed E-state index contributed by atoms with van der Waals surface area (Å²) in [6.45, 7) is 2.90. The predicted octanol–water partition coefficient (Wildman–Crippen LogP) is 3.43. The predicted molar refractivity (Wildman–Crippen MR) is 59.2 cm³/mol. The van der Waals surface area contributed by atoms with E-state index >= 15 is 0 Å². The van der Waals surface area contributed by atoms with E-state index in [2.05, 4.69) is 12.2 Å². The van der Waals surface area contributed by atoms with Crippen LogP contribution in [0, 0.1) is 0 Å². The Bertz CT molecular complexity index is 378. The molecule has 0 radical (unpaired) electrons. The Hall–Kier alpha value is -0.680. The van der Waals surface area contributed by atoms with Crippen molar-refractivity contribution in [1.29, 1.82) is 0 Å². The summed E-state index contributed by atoms with van der Waals surface area (Å²) in [5.41, 5.74) is 0.121. The van der Waals surface area contributed by atoms with Crippen molar-refractivity contribution < 1.29 is 13.2 Å². The molecule has 0 spiro atoms.